The lowest BCUT2D eigenvalue weighted by Crippen LogP contribution is -2.35. The topological polar surface area (TPSA) is 84.2 Å². The molecule has 0 saturated carbocycles. The second-order valence-corrected chi connectivity index (χ2v) is 11.0. The molecular formula is C25H30F3N7OS. The van der Waals surface area contributed by atoms with Crippen LogP contribution in [-0.4, -0.2) is 67.6 Å². The molecule has 198 valence electrons. The quantitative estimate of drug-likeness (QED) is 0.338. The summed E-state index contributed by atoms with van der Waals surface area (Å²) in [6.45, 7) is 9.52. The molecule has 37 heavy (non-hydrogen) atoms. The number of pyridine rings is 1. The van der Waals surface area contributed by atoms with Gasteiger partial charge in [-0.3, -0.25) is 5.10 Å². The molecule has 1 saturated heterocycles. The average Bonchev–Trinajstić information content (AvgIpc) is 3.56. The highest BCUT2D eigenvalue weighted by atomic mass is 32.1. The zero-order chi connectivity index (χ0) is 26.3. The largest absolute Gasteiger partial charge is 0.493 e. The first kappa shape index (κ1) is 25.7. The smallest absolute Gasteiger partial charge is 0.393 e. The van der Waals surface area contributed by atoms with Crippen molar-refractivity contribution in [3.63, 3.8) is 0 Å². The molecular weight excluding hydrogens is 503 g/mol. The maximum absolute atomic E-state index is 13.7. The number of hydrogen-bond acceptors (Lipinski definition) is 7. The monoisotopic (exact) mass is 533 g/mol. The minimum atomic E-state index is -4.42. The van der Waals surface area contributed by atoms with Crippen molar-refractivity contribution in [3.05, 3.63) is 34.7 Å². The Morgan fingerprint density at radius 2 is 2.00 bits per heavy atom. The molecule has 4 aromatic rings. The van der Waals surface area contributed by atoms with Crippen molar-refractivity contribution in [1.82, 2.24) is 34.7 Å². The predicted octanol–water partition coefficient (Wildman–Crippen LogP) is 5.50. The minimum absolute atomic E-state index is 0.0565. The summed E-state index contributed by atoms with van der Waals surface area (Å²) in [5.41, 5.74) is 2.37. The Labute approximate surface area is 216 Å². The number of methoxy groups -OCH3 is 1. The molecule has 0 unspecified atom stereocenters. The molecule has 5 heterocycles. The normalized spacial score (nSPS) is 15.8. The lowest BCUT2D eigenvalue weighted by atomic mass is 9.94. The summed E-state index contributed by atoms with van der Waals surface area (Å²) < 4.78 is 48.1. The van der Waals surface area contributed by atoms with Crippen LogP contribution in [0.5, 0.6) is 5.75 Å². The molecule has 0 atom stereocenters. The number of ether oxygens (including phenoxy) is 1. The van der Waals surface area contributed by atoms with Crippen LogP contribution in [0.25, 0.3) is 27.6 Å². The van der Waals surface area contributed by atoms with Crippen LogP contribution in [0.2, 0.25) is 0 Å². The van der Waals surface area contributed by atoms with Crippen molar-refractivity contribution >= 4 is 17.0 Å². The minimum Gasteiger partial charge on any atom is -0.493 e. The summed E-state index contributed by atoms with van der Waals surface area (Å²) >= 11 is 1.46. The first-order chi connectivity index (χ1) is 17.6. The Morgan fingerprint density at radius 3 is 2.68 bits per heavy atom. The van der Waals surface area contributed by atoms with Crippen molar-refractivity contribution in [2.75, 3.05) is 26.7 Å². The summed E-state index contributed by atoms with van der Waals surface area (Å²) in [5, 5.41) is 11.8. The first-order valence-electron chi connectivity index (χ1n) is 12.3. The second kappa shape index (κ2) is 10.1. The van der Waals surface area contributed by atoms with Crippen molar-refractivity contribution in [2.45, 2.75) is 52.1 Å². The van der Waals surface area contributed by atoms with Crippen LogP contribution < -0.4 is 4.74 Å². The van der Waals surface area contributed by atoms with E-state index >= 15 is 0 Å². The van der Waals surface area contributed by atoms with E-state index in [1.54, 1.807) is 12.3 Å². The van der Waals surface area contributed by atoms with Crippen LogP contribution in [0.4, 0.5) is 13.2 Å². The van der Waals surface area contributed by atoms with Crippen molar-refractivity contribution in [1.29, 1.82) is 0 Å². The summed E-state index contributed by atoms with van der Waals surface area (Å²) in [4.78, 5) is 12.5. The molecule has 0 bridgehead atoms. The summed E-state index contributed by atoms with van der Waals surface area (Å²) in [6.07, 6.45) is -0.530. The third-order valence-electron chi connectivity index (χ3n) is 6.71. The average molecular weight is 534 g/mol. The molecule has 0 radical (unpaired) electrons. The number of hydrogen-bond donors (Lipinski definition) is 1. The van der Waals surface area contributed by atoms with E-state index in [2.05, 4.69) is 39.0 Å². The molecule has 4 aromatic heterocycles. The number of aryl methyl sites for hydroxylation is 1. The number of nitrogens with zero attached hydrogens (tertiary/aromatic N) is 6. The van der Waals surface area contributed by atoms with Crippen LogP contribution in [0.1, 0.15) is 48.7 Å². The van der Waals surface area contributed by atoms with Gasteiger partial charge < -0.3 is 9.64 Å². The van der Waals surface area contributed by atoms with Crippen molar-refractivity contribution < 1.29 is 17.9 Å². The Morgan fingerprint density at radius 1 is 1.24 bits per heavy atom. The van der Waals surface area contributed by atoms with Gasteiger partial charge in [0.15, 0.2) is 11.4 Å². The van der Waals surface area contributed by atoms with Gasteiger partial charge in [-0.15, -0.1) is 11.3 Å². The van der Waals surface area contributed by atoms with Crippen LogP contribution in [-0.2, 0) is 6.42 Å². The molecule has 1 aliphatic heterocycles. The van der Waals surface area contributed by atoms with Gasteiger partial charge in [-0.05, 0) is 50.8 Å². The zero-order valence-corrected chi connectivity index (χ0v) is 22.1. The number of aromatic nitrogens is 6. The van der Waals surface area contributed by atoms with Crippen molar-refractivity contribution in [3.8, 4) is 27.7 Å². The number of H-pyrrole nitrogens is 1. The Hall–Kier alpha value is -2.99. The van der Waals surface area contributed by atoms with Gasteiger partial charge >= 0.3 is 6.18 Å². The molecule has 0 spiro atoms. The summed E-state index contributed by atoms with van der Waals surface area (Å²) in [5.74, 6) is 1.39. The van der Waals surface area contributed by atoms with Gasteiger partial charge in [-0.2, -0.15) is 23.4 Å². The van der Waals surface area contributed by atoms with Crippen molar-refractivity contribution in [2.24, 2.45) is 5.92 Å². The lowest BCUT2D eigenvalue weighted by molar-refractivity contribution is -0.127. The highest BCUT2D eigenvalue weighted by molar-refractivity contribution is 7.15. The Bertz CT molecular complexity index is 1380. The number of halogens is 3. The second-order valence-electron chi connectivity index (χ2n) is 9.98. The van der Waals surface area contributed by atoms with Crippen LogP contribution in [0, 0.1) is 12.8 Å². The zero-order valence-electron chi connectivity index (χ0n) is 21.3. The van der Waals surface area contributed by atoms with E-state index in [9.17, 15) is 13.2 Å². The first-order valence-corrected chi connectivity index (χ1v) is 13.2. The molecule has 8 nitrogen and oxygen atoms in total. The van der Waals surface area contributed by atoms with E-state index in [-0.39, 0.29) is 17.0 Å². The molecule has 12 heteroatoms. The molecule has 0 aliphatic carbocycles. The number of aromatic amines is 1. The van der Waals surface area contributed by atoms with Crippen LogP contribution >= 0.6 is 11.3 Å². The summed E-state index contributed by atoms with van der Waals surface area (Å²) in [6, 6.07) is 1.64. The number of piperidine rings is 1. The maximum Gasteiger partial charge on any atom is 0.393 e. The molecule has 1 N–H and O–H groups in total. The number of nitrogens with one attached hydrogen (secondary N) is 1. The molecule has 0 amide bonds. The molecule has 1 aliphatic rings. The highest BCUT2D eigenvalue weighted by Gasteiger charge is 2.34. The standard InChI is InChI=1S/C25H30F3N7OS/c1-14(2)11-34-7-5-16(6-8-34)22-15(3)31-24(37-22)21-18(10-25(26,27)28)20(32-33-21)17-9-19(36-4)23-29-13-30-35(23)12-17/h9,12-14,16H,5-8,10-11H2,1-4H3,(H,32,33). The third-order valence-corrected chi connectivity index (χ3v) is 8.04. The number of rotatable bonds is 7. The van der Waals surface area contributed by atoms with E-state index in [0.29, 0.717) is 33.8 Å². The fraction of sp³-hybridized carbons (Fsp3) is 0.520. The molecule has 1 fully saturated rings. The van der Waals surface area contributed by atoms with E-state index in [0.717, 1.165) is 43.0 Å². The van der Waals surface area contributed by atoms with Gasteiger partial charge in [0.05, 0.1) is 24.9 Å². The summed E-state index contributed by atoms with van der Waals surface area (Å²) in [7, 11) is 1.48. The fourth-order valence-corrected chi connectivity index (χ4v) is 6.37. The third kappa shape index (κ3) is 5.35. The van der Waals surface area contributed by atoms with Gasteiger partial charge in [-0.25, -0.2) is 14.5 Å². The maximum atomic E-state index is 13.7. The van der Waals surface area contributed by atoms with Crippen LogP contribution in [0.3, 0.4) is 0 Å². The number of fused-ring (bicyclic) bond motifs is 1. The van der Waals surface area contributed by atoms with Gasteiger partial charge in [0, 0.05) is 28.7 Å². The van der Waals surface area contributed by atoms with Gasteiger partial charge in [0.1, 0.15) is 17.0 Å². The highest BCUT2D eigenvalue weighted by Crippen LogP contribution is 2.41. The van der Waals surface area contributed by atoms with Gasteiger partial charge in [0.25, 0.3) is 0 Å². The lowest BCUT2D eigenvalue weighted by Gasteiger charge is -2.32. The molecule has 5 rings (SSSR count). The van der Waals surface area contributed by atoms with E-state index in [1.165, 1.54) is 29.3 Å². The van der Waals surface area contributed by atoms with Gasteiger partial charge in [-0.1, -0.05) is 13.8 Å². The fourth-order valence-electron chi connectivity index (χ4n) is 5.12. The van der Waals surface area contributed by atoms with E-state index < -0.39 is 12.6 Å². The van der Waals surface area contributed by atoms with E-state index in [1.807, 2.05) is 6.92 Å². The SMILES string of the molecule is COc1cc(-c2[nH]nc(-c3nc(C)c(C4CCN(CC(C)C)CC4)s3)c2CC(F)(F)F)cn2ncnc12. The number of likely N-dealkylation sites (tertiary alicyclic amines) is 1. The Balaban J connectivity index is 1.50. The molecule has 0 aromatic carbocycles. The predicted molar refractivity (Wildman–Crippen MR) is 136 cm³/mol. The van der Waals surface area contributed by atoms with Gasteiger partial charge in [0.2, 0.25) is 0 Å². The number of alkyl halides is 3. The Kier molecular flexibility index (Phi) is 6.97. The van der Waals surface area contributed by atoms with Crippen LogP contribution in [0.15, 0.2) is 18.6 Å². The van der Waals surface area contributed by atoms with E-state index in [4.69, 9.17) is 9.72 Å². The number of thiazole rings is 1.